The fraction of sp³-hybridized carbons (Fsp3) is 0.409. The largest absolute Gasteiger partial charge is 0.507 e. The molecule has 2 N–H and O–H groups in total. The van der Waals surface area contributed by atoms with Crippen molar-refractivity contribution < 1.29 is 24.2 Å². The zero-order valence-electron chi connectivity index (χ0n) is 18.6. The van der Waals surface area contributed by atoms with E-state index in [2.05, 4.69) is 10.2 Å². The number of hydrogen-bond acceptors (Lipinski definition) is 7. The maximum atomic E-state index is 13.1. The molecule has 2 heterocycles. The highest BCUT2D eigenvalue weighted by Crippen LogP contribution is 2.45. The number of aromatic nitrogens is 2. The normalized spacial score (nSPS) is 18.2. The predicted octanol–water partition coefficient (Wildman–Crippen LogP) is 2.03. The number of aryl methyl sites for hydroxylation is 2. The van der Waals surface area contributed by atoms with Gasteiger partial charge in [0, 0.05) is 24.3 Å². The van der Waals surface area contributed by atoms with Crippen molar-refractivity contribution in [1.82, 2.24) is 20.0 Å². The molecule has 1 aromatic heterocycles. The molecule has 166 valence electrons. The van der Waals surface area contributed by atoms with E-state index >= 15 is 0 Å². The standard InChI is InChI=1S/C22H28N4O5/c1-12-16(13(2)24-23-12)19(27)17-18(14-8-7-9-15(30-5)21(14)31-6)26(11-10-25(3)4)22(29)20(17)28/h7-9,18,27H,10-11H2,1-6H3,(H,23,24)/b19-17+/t18-/m1/s1. The van der Waals surface area contributed by atoms with E-state index in [9.17, 15) is 14.7 Å². The summed E-state index contributed by atoms with van der Waals surface area (Å²) in [4.78, 5) is 29.5. The van der Waals surface area contributed by atoms with E-state index in [1.54, 1.807) is 32.0 Å². The number of benzene rings is 1. The highest BCUT2D eigenvalue weighted by Gasteiger charge is 2.47. The number of para-hydroxylation sites is 1. The molecule has 1 aromatic carbocycles. The van der Waals surface area contributed by atoms with Crippen LogP contribution in [0.5, 0.6) is 11.5 Å². The fourth-order valence-electron chi connectivity index (χ4n) is 3.90. The number of rotatable bonds is 7. The molecule has 31 heavy (non-hydrogen) atoms. The van der Waals surface area contributed by atoms with E-state index in [4.69, 9.17) is 9.47 Å². The van der Waals surface area contributed by atoms with Crippen LogP contribution in [0.25, 0.3) is 5.76 Å². The molecule has 1 fully saturated rings. The van der Waals surface area contributed by atoms with Crippen molar-refractivity contribution in [3.63, 3.8) is 0 Å². The van der Waals surface area contributed by atoms with Crippen molar-refractivity contribution in [1.29, 1.82) is 0 Å². The van der Waals surface area contributed by atoms with Gasteiger partial charge in [-0.15, -0.1) is 0 Å². The number of ketones is 1. The van der Waals surface area contributed by atoms with Crippen molar-refractivity contribution in [2.24, 2.45) is 0 Å². The van der Waals surface area contributed by atoms with Gasteiger partial charge in [0.1, 0.15) is 5.76 Å². The van der Waals surface area contributed by atoms with E-state index in [0.29, 0.717) is 47.1 Å². The average Bonchev–Trinajstić information content (AvgIpc) is 3.21. The molecular formula is C22H28N4O5. The number of aliphatic hydroxyl groups is 1. The first-order chi connectivity index (χ1) is 14.7. The number of ether oxygens (including phenoxy) is 2. The molecule has 9 heteroatoms. The molecular weight excluding hydrogens is 400 g/mol. The van der Waals surface area contributed by atoms with Gasteiger partial charge in [0.05, 0.1) is 37.1 Å². The number of Topliss-reactive ketones (excluding diaryl/α,β-unsaturated/α-hetero) is 1. The summed E-state index contributed by atoms with van der Waals surface area (Å²) in [6, 6.07) is 4.43. The van der Waals surface area contributed by atoms with Crippen molar-refractivity contribution in [2.75, 3.05) is 41.4 Å². The number of carbonyl (C=O) groups excluding carboxylic acids is 2. The van der Waals surface area contributed by atoms with Crippen LogP contribution in [0.1, 0.15) is 28.6 Å². The Kier molecular flexibility index (Phi) is 6.35. The van der Waals surface area contributed by atoms with Gasteiger partial charge in [0.25, 0.3) is 11.7 Å². The molecule has 9 nitrogen and oxygen atoms in total. The quantitative estimate of drug-likeness (QED) is 0.395. The van der Waals surface area contributed by atoms with Gasteiger partial charge < -0.3 is 24.4 Å². The summed E-state index contributed by atoms with van der Waals surface area (Å²) in [5.74, 6) is -0.806. The summed E-state index contributed by atoms with van der Waals surface area (Å²) >= 11 is 0. The molecule has 0 unspecified atom stereocenters. The first-order valence-corrected chi connectivity index (χ1v) is 9.88. The molecule has 0 aliphatic carbocycles. The molecule has 1 saturated heterocycles. The van der Waals surface area contributed by atoms with Gasteiger partial charge in [-0.2, -0.15) is 5.10 Å². The zero-order chi connectivity index (χ0) is 22.9. The number of aliphatic hydroxyl groups excluding tert-OH is 1. The van der Waals surface area contributed by atoms with Gasteiger partial charge in [-0.3, -0.25) is 14.7 Å². The van der Waals surface area contributed by atoms with Crippen LogP contribution in [-0.4, -0.2) is 78.2 Å². The van der Waals surface area contributed by atoms with Gasteiger partial charge in [0.15, 0.2) is 11.5 Å². The number of methoxy groups -OCH3 is 2. The van der Waals surface area contributed by atoms with Crippen molar-refractivity contribution in [3.05, 3.63) is 46.3 Å². The topological polar surface area (TPSA) is 108 Å². The number of amides is 1. The fourth-order valence-corrected chi connectivity index (χ4v) is 3.90. The lowest BCUT2D eigenvalue weighted by Gasteiger charge is -2.28. The molecule has 1 atom stereocenters. The Balaban J connectivity index is 2.28. The molecule has 1 amide bonds. The maximum Gasteiger partial charge on any atom is 0.295 e. The maximum absolute atomic E-state index is 13.1. The molecule has 3 rings (SSSR count). The van der Waals surface area contributed by atoms with Crippen LogP contribution in [0.15, 0.2) is 23.8 Å². The van der Waals surface area contributed by atoms with Gasteiger partial charge in [-0.25, -0.2) is 0 Å². The van der Waals surface area contributed by atoms with Crippen LogP contribution >= 0.6 is 0 Å². The summed E-state index contributed by atoms with van der Waals surface area (Å²) in [5.41, 5.74) is 2.11. The third kappa shape index (κ3) is 3.88. The molecule has 0 saturated carbocycles. The number of hydrogen-bond donors (Lipinski definition) is 2. The van der Waals surface area contributed by atoms with Crippen LogP contribution < -0.4 is 9.47 Å². The monoisotopic (exact) mass is 428 g/mol. The lowest BCUT2D eigenvalue weighted by Crippen LogP contribution is -2.35. The average molecular weight is 428 g/mol. The predicted molar refractivity (Wildman–Crippen MR) is 115 cm³/mol. The Morgan fingerprint density at radius 1 is 1.23 bits per heavy atom. The van der Waals surface area contributed by atoms with Crippen molar-refractivity contribution >= 4 is 17.4 Å². The third-order valence-electron chi connectivity index (χ3n) is 5.42. The Labute approximate surface area is 181 Å². The first-order valence-electron chi connectivity index (χ1n) is 9.88. The molecule has 1 aliphatic heterocycles. The van der Waals surface area contributed by atoms with Crippen LogP contribution in [0.2, 0.25) is 0 Å². The second kappa shape index (κ2) is 8.81. The van der Waals surface area contributed by atoms with Crippen LogP contribution in [0.4, 0.5) is 0 Å². The number of carbonyl (C=O) groups is 2. The number of nitrogens with one attached hydrogen (secondary N) is 1. The van der Waals surface area contributed by atoms with Gasteiger partial charge in [-0.1, -0.05) is 12.1 Å². The SMILES string of the molecule is COc1cccc([C@@H]2/C(=C(\O)c3c(C)n[nH]c3C)C(=O)C(=O)N2CCN(C)C)c1OC. The molecule has 0 bridgehead atoms. The van der Waals surface area contributed by atoms with Crippen LogP contribution in [0.3, 0.4) is 0 Å². The minimum atomic E-state index is -0.835. The minimum Gasteiger partial charge on any atom is -0.507 e. The lowest BCUT2D eigenvalue weighted by atomic mass is 9.94. The van der Waals surface area contributed by atoms with E-state index in [0.717, 1.165) is 0 Å². The van der Waals surface area contributed by atoms with Gasteiger partial charge >= 0.3 is 0 Å². The van der Waals surface area contributed by atoms with E-state index in [1.165, 1.54) is 19.1 Å². The summed E-state index contributed by atoms with van der Waals surface area (Å²) < 4.78 is 11.0. The highest BCUT2D eigenvalue weighted by atomic mass is 16.5. The van der Waals surface area contributed by atoms with Crippen molar-refractivity contribution in [2.45, 2.75) is 19.9 Å². The Hall–Kier alpha value is -3.33. The zero-order valence-corrected chi connectivity index (χ0v) is 18.6. The number of aromatic amines is 1. The third-order valence-corrected chi connectivity index (χ3v) is 5.42. The number of nitrogens with zero attached hydrogens (tertiary/aromatic N) is 3. The molecule has 2 aromatic rings. The van der Waals surface area contributed by atoms with Crippen molar-refractivity contribution in [3.8, 4) is 11.5 Å². The van der Waals surface area contributed by atoms with Gasteiger partial charge in [0.2, 0.25) is 0 Å². The second-order valence-electron chi connectivity index (χ2n) is 7.69. The summed E-state index contributed by atoms with van der Waals surface area (Å²) in [7, 11) is 6.78. The number of likely N-dealkylation sites (N-methyl/N-ethyl adjacent to an activating group) is 1. The Morgan fingerprint density at radius 3 is 2.48 bits per heavy atom. The second-order valence-corrected chi connectivity index (χ2v) is 7.69. The molecule has 1 aliphatic rings. The van der Waals surface area contributed by atoms with Gasteiger partial charge in [-0.05, 0) is 34.0 Å². The Morgan fingerprint density at radius 2 is 1.94 bits per heavy atom. The summed E-state index contributed by atoms with van der Waals surface area (Å²) in [5, 5.41) is 18.1. The highest BCUT2D eigenvalue weighted by molar-refractivity contribution is 6.46. The molecule has 0 spiro atoms. The molecule has 0 radical (unpaired) electrons. The minimum absolute atomic E-state index is 0.00269. The van der Waals surface area contributed by atoms with Crippen LogP contribution in [0, 0.1) is 13.8 Å². The smallest absolute Gasteiger partial charge is 0.295 e. The van der Waals surface area contributed by atoms with Crippen LogP contribution in [-0.2, 0) is 9.59 Å². The number of likely N-dealkylation sites (tertiary alicyclic amines) is 1. The van der Waals surface area contributed by atoms with E-state index < -0.39 is 17.7 Å². The van der Waals surface area contributed by atoms with E-state index in [1.807, 2.05) is 19.0 Å². The summed E-state index contributed by atoms with van der Waals surface area (Å²) in [6.07, 6.45) is 0. The summed E-state index contributed by atoms with van der Waals surface area (Å²) in [6.45, 7) is 4.31. The van der Waals surface area contributed by atoms with E-state index in [-0.39, 0.29) is 11.3 Å². The first kappa shape index (κ1) is 22.4. The number of H-pyrrole nitrogens is 1. The lowest BCUT2D eigenvalue weighted by molar-refractivity contribution is -0.140. The Bertz CT molecular complexity index is 1020.